The molecule has 0 radical (unpaired) electrons. The molecule has 7 heteroatoms. The molecular weight excluding hydrogens is 502 g/mol. The van der Waals surface area contributed by atoms with Gasteiger partial charge in [-0.3, -0.25) is 0 Å². The second kappa shape index (κ2) is 10.3. The maximum Gasteiger partial charge on any atom is 0.146 e. The lowest BCUT2D eigenvalue weighted by Crippen LogP contribution is -2.22. The molecule has 3 atom stereocenters. The first kappa shape index (κ1) is 22.5. The number of rotatable bonds is 8. The van der Waals surface area contributed by atoms with E-state index in [1.165, 1.54) is 17.5 Å². The topological polar surface area (TPSA) is 49.2 Å². The third-order valence-electron chi connectivity index (χ3n) is 6.27. The number of hydrogen-bond donors (Lipinski definition) is 0. The van der Waals surface area contributed by atoms with Gasteiger partial charge >= 0.3 is 0 Å². The van der Waals surface area contributed by atoms with Gasteiger partial charge < -0.3 is 14.0 Å². The van der Waals surface area contributed by atoms with Crippen molar-refractivity contribution in [2.75, 3.05) is 6.61 Å². The number of fused-ring (bicyclic) bond motifs is 1. The van der Waals surface area contributed by atoms with E-state index in [4.69, 9.17) is 21.1 Å². The number of ether oxygens (including phenoxy) is 2. The zero-order valence-corrected chi connectivity index (χ0v) is 20.5. The third kappa shape index (κ3) is 5.14. The van der Waals surface area contributed by atoms with E-state index in [0.717, 1.165) is 28.3 Å². The summed E-state index contributed by atoms with van der Waals surface area (Å²) in [6.45, 7) is 1.85. The first-order chi connectivity index (χ1) is 16.2. The van der Waals surface area contributed by atoms with E-state index in [9.17, 15) is 0 Å². The summed E-state index contributed by atoms with van der Waals surface area (Å²) in [7, 11) is 0. The first-order valence-electron chi connectivity index (χ1n) is 11.1. The maximum absolute atomic E-state index is 6.43. The SMILES string of the molecule is Clc1ncnc2c1c(Br)cn2[C@@H]1C[C@H](COCc2ccccc2)[C@@H](OCc2ccccc2)C1. The zero-order valence-electron chi connectivity index (χ0n) is 18.1. The van der Waals surface area contributed by atoms with Crippen molar-refractivity contribution in [1.29, 1.82) is 0 Å². The monoisotopic (exact) mass is 525 g/mol. The van der Waals surface area contributed by atoms with Crippen molar-refractivity contribution in [2.45, 2.75) is 38.2 Å². The van der Waals surface area contributed by atoms with Gasteiger partial charge in [-0.15, -0.1) is 0 Å². The number of halogens is 2. The van der Waals surface area contributed by atoms with Crippen molar-refractivity contribution in [1.82, 2.24) is 14.5 Å². The van der Waals surface area contributed by atoms with E-state index in [1.807, 2.05) is 36.4 Å². The van der Waals surface area contributed by atoms with Gasteiger partial charge in [-0.05, 0) is 39.9 Å². The summed E-state index contributed by atoms with van der Waals surface area (Å²) in [6, 6.07) is 20.8. The van der Waals surface area contributed by atoms with Gasteiger partial charge in [0, 0.05) is 22.6 Å². The highest BCUT2D eigenvalue weighted by Crippen LogP contribution is 2.41. The second-order valence-corrected chi connectivity index (χ2v) is 9.68. The molecule has 170 valence electrons. The molecule has 1 fully saturated rings. The van der Waals surface area contributed by atoms with Crippen molar-refractivity contribution in [3.8, 4) is 0 Å². The van der Waals surface area contributed by atoms with Crippen LogP contribution in [0, 0.1) is 5.92 Å². The van der Waals surface area contributed by atoms with Crippen LogP contribution in [0.1, 0.15) is 30.0 Å². The van der Waals surface area contributed by atoms with Crippen LogP contribution in [0.25, 0.3) is 11.0 Å². The minimum atomic E-state index is 0.0968. The van der Waals surface area contributed by atoms with Gasteiger partial charge in [0.05, 0.1) is 31.3 Å². The summed E-state index contributed by atoms with van der Waals surface area (Å²) in [4.78, 5) is 8.65. The lowest BCUT2D eigenvalue weighted by atomic mass is 10.1. The minimum Gasteiger partial charge on any atom is -0.376 e. The van der Waals surface area contributed by atoms with E-state index in [2.05, 4.69) is 60.9 Å². The summed E-state index contributed by atoms with van der Waals surface area (Å²) in [5.41, 5.74) is 3.21. The molecule has 4 aromatic rings. The van der Waals surface area contributed by atoms with Gasteiger partial charge in [0.15, 0.2) is 0 Å². The summed E-state index contributed by atoms with van der Waals surface area (Å²) >= 11 is 9.98. The molecule has 0 unspecified atom stereocenters. The Hall–Kier alpha value is -2.25. The van der Waals surface area contributed by atoms with Crippen LogP contribution < -0.4 is 0 Å². The van der Waals surface area contributed by atoms with Crippen LogP contribution in [0.15, 0.2) is 77.7 Å². The van der Waals surface area contributed by atoms with Crippen LogP contribution in [0.2, 0.25) is 5.15 Å². The quantitative estimate of drug-likeness (QED) is 0.243. The molecule has 2 heterocycles. The fourth-order valence-electron chi connectivity index (χ4n) is 4.63. The van der Waals surface area contributed by atoms with Crippen molar-refractivity contribution in [2.24, 2.45) is 5.92 Å². The Morgan fingerprint density at radius 2 is 1.64 bits per heavy atom. The molecule has 33 heavy (non-hydrogen) atoms. The van der Waals surface area contributed by atoms with E-state index in [-0.39, 0.29) is 18.1 Å². The number of hydrogen-bond acceptors (Lipinski definition) is 4. The summed E-state index contributed by atoms with van der Waals surface area (Å²) in [5, 5.41) is 1.31. The highest BCUT2D eigenvalue weighted by Gasteiger charge is 2.37. The van der Waals surface area contributed by atoms with Crippen molar-refractivity contribution >= 4 is 38.6 Å². The minimum absolute atomic E-state index is 0.0968. The Morgan fingerprint density at radius 1 is 0.939 bits per heavy atom. The van der Waals surface area contributed by atoms with E-state index in [0.29, 0.717) is 25.0 Å². The van der Waals surface area contributed by atoms with Crippen LogP contribution >= 0.6 is 27.5 Å². The predicted molar refractivity (Wildman–Crippen MR) is 133 cm³/mol. The molecule has 0 amide bonds. The first-order valence-corrected chi connectivity index (χ1v) is 12.3. The Kier molecular flexibility index (Phi) is 7.07. The molecule has 0 spiro atoms. The normalized spacial score (nSPS) is 20.5. The maximum atomic E-state index is 6.43. The van der Waals surface area contributed by atoms with Crippen LogP contribution in [0.5, 0.6) is 0 Å². The molecule has 0 aliphatic heterocycles. The van der Waals surface area contributed by atoms with Crippen molar-refractivity contribution in [3.05, 3.63) is 93.9 Å². The molecule has 2 aromatic heterocycles. The average molecular weight is 527 g/mol. The Bertz CT molecular complexity index is 1200. The highest BCUT2D eigenvalue weighted by molar-refractivity contribution is 9.10. The van der Waals surface area contributed by atoms with Gasteiger partial charge in [0.1, 0.15) is 17.1 Å². The van der Waals surface area contributed by atoms with Crippen LogP contribution in [0.3, 0.4) is 0 Å². The van der Waals surface area contributed by atoms with Gasteiger partial charge in [-0.2, -0.15) is 0 Å². The predicted octanol–water partition coefficient (Wildman–Crippen LogP) is 6.60. The molecule has 0 bridgehead atoms. The van der Waals surface area contributed by atoms with Gasteiger partial charge in [0.25, 0.3) is 0 Å². The molecule has 1 aliphatic rings. The van der Waals surface area contributed by atoms with Crippen molar-refractivity contribution < 1.29 is 9.47 Å². The molecule has 2 aromatic carbocycles. The average Bonchev–Trinajstić information content (AvgIpc) is 3.40. The lowest BCUT2D eigenvalue weighted by molar-refractivity contribution is -0.0190. The summed E-state index contributed by atoms with van der Waals surface area (Å²) in [5.74, 6) is 0.288. The Labute approximate surface area is 206 Å². The van der Waals surface area contributed by atoms with Crippen molar-refractivity contribution in [3.63, 3.8) is 0 Å². The molecule has 5 nitrogen and oxygen atoms in total. The Morgan fingerprint density at radius 3 is 2.36 bits per heavy atom. The third-order valence-corrected chi connectivity index (χ3v) is 7.15. The second-order valence-electron chi connectivity index (χ2n) is 8.47. The van der Waals surface area contributed by atoms with Gasteiger partial charge in [-0.1, -0.05) is 72.3 Å². The molecule has 0 N–H and O–H groups in total. The van der Waals surface area contributed by atoms with Crippen LogP contribution in [-0.2, 0) is 22.7 Å². The van der Waals surface area contributed by atoms with E-state index in [1.54, 1.807) is 0 Å². The molecule has 1 aliphatic carbocycles. The number of nitrogens with zero attached hydrogens (tertiary/aromatic N) is 3. The Balaban J connectivity index is 1.33. The fourth-order valence-corrected chi connectivity index (χ4v) is 5.56. The largest absolute Gasteiger partial charge is 0.376 e. The molecule has 1 saturated carbocycles. The highest BCUT2D eigenvalue weighted by atomic mass is 79.9. The number of benzene rings is 2. The standard InChI is InChI=1S/C26H25BrClN3O2/c27-22-13-31(26-24(22)25(28)29-17-30-26)21-11-20(16-32-14-18-7-3-1-4-8-18)23(12-21)33-15-19-9-5-2-6-10-19/h1-10,13,17,20-21,23H,11-12,14-16H2/t20-,21-,23+/m1/s1. The fraction of sp³-hybridized carbons (Fsp3) is 0.308. The zero-order chi connectivity index (χ0) is 22.6. The molecular formula is C26H25BrClN3O2. The van der Waals surface area contributed by atoms with Crippen LogP contribution in [-0.4, -0.2) is 27.2 Å². The van der Waals surface area contributed by atoms with E-state index >= 15 is 0 Å². The number of aromatic nitrogens is 3. The smallest absolute Gasteiger partial charge is 0.146 e. The summed E-state index contributed by atoms with van der Waals surface area (Å²) < 4.78 is 15.7. The van der Waals surface area contributed by atoms with Crippen LogP contribution in [0.4, 0.5) is 0 Å². The van der Waals surface area contributed by atoms with Gasteiger partial charge in [-0.25, -0.2) is 9.97 Å². The lowest BCUT2D eigenvalue weighted by Gasteiger charge is -2.20. The van der Waals surface area contributed by atoms with E-state index < -0.39 is 0 Å². The summed E-state index contributed by atoms with van der Waals surface area (Å²) in [6.07, 6.45) is 5.53. The molecule has 5 rings (SSSR count). The van der Waals surface area contributed by atoms with Gasteiger partial charge in [0.2, 0.25) is 0 Å². The molecule has 0 saturated heterocycles.